The van der Waals surface area contributed by atoms with E-state index in [1.54, 1.807) is 0 Å². The molecule has 1 fully saturated rings. The van der Waals surface area contributed by atoms with Crippen LogP contribution in [0.1, 0.15) is 15.9 Å². The standard InChI is InChI=1S/C21H23N3O7S/c25-19(23-21(27)22-14-16-4-2-1-3-5-16)15-31-20(26)17-6-8-18(9-7-17)32(28,29)24-10-12-30-13-11-24/h1-9H,10-15H2,(H2,22,23,25,27). The number of nitrogens with one attached hydrogen (secondary N) is 2. The fourth-order valence-corrected chi connectivity index (χ4v) is 4.31. The number of hydrogen-bond donors (Lipinski definition) is 2. The molecule has 2 aromatic rings. The Morgan fingerprint density at radius 1 is 0.969 bits per heavy atom. The van der Waals surface area contributed by atoms with Crippen molar-refractivity contribution in [2.45, 2.75) is 11.4 Å². The molecule has 11 heteroatoms. The highest BCUT2D eigenvalue weighted by Crippen LogP contribution is 2.18. The van der Waals surface area contributed by atoms with E-state index in [1.165, 1.54) is 28.6 Å². The van der Waals surface area contributed by atoms with Crippen LogP contribution in [0.25, 0.3) is 0 Å². The lowest BCUT2D eigenvalue weighted by atomic mass is 10.2. The number of morpholine rings is 1. The Labute approximate surface area is 185 Å². The number of benzene rings is 2. The summed E-state index contributed by atoms with van der Waals surface area (Å²) in [6, 6.07) is 13.6. The molecule has 1 heterocycles. The van der Waals surface area contributed by atoms with Gasteiger partial charge < -0.3 is 14.8 Å². The summed E-state index contributed by atoms with van der Waals surface area (Å²) in [6.07, 6.45) is 0. The fourth-order valence-electron chi connectivity index (χ4n) is 2.90. The van der Waals surface area contributed by atoms with Gasteiger partial charge in [-0.2, -0.15) is 4.31 Å². The van der Waals surface area contributed by atoms with E-state index in [2.05, 4.69) is 10.6 Å². The fraction of sp³-hybridized carbons (Fsp3) is 0.286. The second kappa shape index (κ2) is 10.8. The number of ether oxygens (including phenoxy) is 2. The van der Waals surface area contributed by atoms with Crippen LogP contribution in [0.3, 0.4) is 0 Å². The molecule has 10 nitrogen and oxygen atoms in total. The summed E-state index contributed by atoms with van der Waals surface area (Å²) in [6.45, 7) is 0.761. The number of amides is 3. The molecule has 2 N–H and O–H groups in total. The molecule has 32 heavy (non-hydrogen) atoms. The van der Waals surface area contributed by atoms with Crippen LogP contribution in [0.2, 0.25) is 0 Å². The van der Waals surface area contributed by atoms with Gasteiger partial charge in [-0.25, -0.2) is 18.0 Å². The average Bonchev–Trinajstić information content (AvgIpc) is 2.82. The van der Waals surface area contributed by atoms with Crippen LogP contribution in [-0.4, -0.2) is 63.5 Å². The van der Waals surface area contributed by atoms with Crippen molar-refractivity contribution < 1.29 is 32.3 Å². The Hall–Kier alpha value is -3.28. The predicted molar refractivity (Wildman–Crippen MR) is 113 cm³/mol. The molecule has 0 unspecified atom stereocenters. The Morgan fingerprint density at radius 3 is 2.28 bits per heavy atom. The lowest BCUT2D eigenvalue weighted by molar-refractivity contribution is -0.123. The van der Waals surface area contributed by atoms with Gasteiger partial charge in [0.05, 0.1) is 23.7 Å². The first-order valence-electron chi connectivity index (χ1n) is 9.83. The minimum Gasteiger partial charge on any atom is -0.452 e. The number of hydrogen-bond acceptors (Lipinski definition) is 7. The van der Waals surface area contributed by atoms with Gasteiger partial charge >= 0.3 is 12.0 Å². The summed E-state index contributed by atoms with van der Waals surface area (Å²) in [7, 11) is -3.68. The highest BCUT2D eigenvalue weighted by atomic mass is 32.2. The maximum atomic E-state index is 12.6. The van der Waals surface area contributed by atoms with Crippen molar-refractivity contribution in [3.63, 3.8) is 0 Å². The molecule has 1 aliphatic rings. The van der Waals surface area contributed by atoms with Crippen LogP contribution >= 0.6 is 0 Å². The van der Waals surface area contributed by atoms with Gasteiger partial charge in [-0.3, -0.25) is 10.1 Å². The van der Waals surface area contributed by atoms with Crippen molar-refractivity contribution in [3.05, 3.63) is 65.7 Å². The molecule has 0 bridgehead atoms. The number of carbonyl (C=O) groups is 3. The second-order valence-corrected chi connectivity index (χ2v) is 8.77. The van der Waals surface area contributed by atoms with Gasteiger partial charge in [0, 0.05) is 19.6 Å². The van der Waals surface area contributed by atoms with E-state index in [-0.39, 0.29) is 30.1 Å². The van der Waals surface area contributed by atoms with E-state index in [4.69, 9.17) is 9.47 Å². The van der Waals surface area contributed by atoms with Gasteiger partial charge in [-0.1, -0.05) is 30.3 Å². The Bertz CT molecular complexity index is 1050. The van der Waals surface area contributed by atoms with Gasteiger partial charge in [0.2, 0.25) is 10.0 Å². The highest BCUT2D eigenvalue weighted by Gasteiger charge is 2.26. The molecule has 170 valence electrons. The summed E-state index contributed by atoms with van der Waals surface area (Å²) >= 11 is 0. The molecular weight excluding hydrogens is 438 g/mol. The van der Waals surface area contributed by atoms with Crippen LogP contribution in [0.15, 0.2) is 59.5 Å². The number of imide groups is 1. The topological polar surface area (TPSA) is 131 Å². The minimum atomic E-state index is -3.68. The molecule has 0 radical (unpaired) electrons. The van der Waals surface area contributed by atoms with Crippen molar-refractivity contribution in [1.29, 1.82) is 0 Å². The van der Waals surface area contributed by atoms with Gasteiger partial charge in [0.1, 0.15) is 0 Å². The predicted octanol–water partition coefficient (Wildman–Crippen LogP) is 0.890. The molecular formula is C21H23N3O7S. The third kappa shape index (κ3) is 6.36. The van der Waals surface area contributed by atoms with Crippen molar-refractivity contribution >= 4 is 27.9 Å². The van der Waals surface area contributed by atoms with E-state index in [0.29, 0.717) is 13.2 Å². The molecule has 0 saturated carbocycles. The van der Waals surface area contributed by atoms with E-state index >= 15 is 0 Å². The van der Waals surface area contributed by atoms with Crippen LogP contribution < -0.4 is 10.6 Å². The smallest absolute Gasteiger partial charge is 0.338 e. The summed E-state index contributed by atoms with van der Waals surface area (Å²) in [5, 5.41) is 4.58. The Morgan fingerprint density at radius 2 is 1.62 bits per heavy atom. The summed E-state index contributed by atoms with van der Waals surface area (Å²) in [4.78, 5) is 35.7. The van der Waals surface area contributed by atoms with Crippen molar-refractivity contribution in [1.82, 2.24) is 14.9 Å². The van der Waals surface area contributed by atoms with Gasteiger partial charge in [-0.15, -0.1) is 0 Å². The average molecular weight is 461 g/mol. The highest BCUT2D eigenvalue weighted by molar-refractivity contribution is 7.89. The van der Waals surface area contributed by atoms with E-state index in [1.807, 2.05) is 30.3 Å². The van der Waals surface area contributed by atoms with E-state index in [0.717, 1.165) is 5.56 Å². The third-order valence-corrected chi connectivity index (χ3v) is 6.49. The number of esters is 1. The molecule has 2 aromatic carbocycles. The summed E-state index contributed by atoms with van der Waals surface area (Å²) in [5.74, 6) is -1.62. The minimum absolute atomic E-state index is 0.0452. The zero-order valence-corrected chi connectivity index (χ0v) is 18.0. The molecule has 3 rings (SSSR count). The quantitative estimate of drug-likeness (QED) is 0.586. The van der Waals surface area contributed by atoms with Gasteiger partial charge in [0.15, 0.2) is 6.61 Å². The second-order valence-electron chi connectivity index (χ2n) is 6.83. The molecule has 0 spiro atoms. The van der Waals surface area contributed by atoms with Crippen molar-refractivity contribution in [2.75, 3.05) is 32.9 Å². The van der Waals surface area contributed by atoms with E-state index < -0.39 is 34.5 Å². The molecule has 0 aromatic heterocycles. The third-order valence-electron chi connectivity index (χ3n) is 4.58. The van der Waals surface area contributed by atoms with Crippen LogP contribution in [-0.2, 0) is 30.8 Å². The SMILES string of the molecule is O=C(COC(=O)c1ccc(S(=O)(=O)N2CCOCC2)cc1)NC(=O)NCc1ccccc1. The van der Waals surface area contributed by atoms with Gasteiger partial charge in [-0.05, 0) is 29.8 Å². The molecule has 3 amide bonds. The number of sulfonamides is 1. The maximum Gasteiger partial charge on any atom is 0.338 e. The first-order valence-corrected chi connectivity index (χ1v) is 11.3. The maximum absolute atomic E-state index is 12.6. The first kappa shape index (κ1) is 23.4. The Balaban J connectivity index is 1.46. The first-order chi connectivity index (χ1) is 15.4. The van der Waals surface area contributed by atoms with Gasteiger partial charge in [0.25, 0.3) is 5.91 Å². The zero-order chi connectivity index (χ0) is 23.0. The van der Waals surface area contributed by atoms with Crippen molar-refractivity contribution in [3.8, 4) is 0 Å². The lowest BCUT2D eigenvalue weighted by Gasteiger charge is -2.26. The number of nitrogens with zero attached hydrogens (tertiary/aromatic N) is 1. The summed E-state index contributed by atoms with van der Waals surface area (Å²) < 4.78 is 36.6. The van der Waals surface area contributed by atoms with E-state index in [9.17, 15) is 22.8 Å². The monoisotopic (exact) mass is 461 g/mol. The Kier molecular flexibility index (Phi) is 7.92. The van der Waals surface area contributed by atoms with Crippen LogP contribution in [0, 0.1) is 0 Å². The van der Waals surface area contributed by atoms with Crippen LogP contribution in [0.4, 0.5) is 4.79 Å². The number of urea groups is 1. The lowest BCUT2D eigenvalue weighted by Crippen LogP contribution is -2.41. The normalized spacial score (nSPS) is 14.4. The van der Waals surface area contributed by atoms with Crippen LogP contribution in [0.5, 0.6) is 0 Å². The molecule has 1 saturated heterocycles. The number of carbonyl (C=O) groups excluding carboxylic acids is 3. The largest absolute Gasteiger partial charge is 0.452 e. The summed E-state index contributed by atoms with van der Waals surface area (Å²) in [5.41, 5.74) is 0.938. The molecule has 0 aliphatic carbocycles. The zero-order valence-electron chi connectivity index (χ0n) is 17.2. The van der Waals surface area contributed by atoms with Crippen molar-refractivity contribution in [2.24, 2.45) is 0 Å². The molecule has 0 atom stereocenters. The number of rotatable bonds is 7. The molecule has 1 aliphatic heterocycles.